The van der Waals surface area contributed by atoms with Crippen LogP contribution in [0.3, 0.4) is 0 Å². The molecule has 2 rings (SSSR count). The molecule has 0 saturated heterocycles. The fourth-order valence-corrected chi connectivity index (χ4v) is 5.32. The topological polar surface area (TPSA) is 49.8 Å². The molecule has 25 heavy (non-hydrogen) atoms. The zero-order valence-electron chi connectivity index (χ0n) is 14.6. The largest absolute Gasteiger partial charge is 0.378 e. The SMILES string of the molecule is CC(C)O[P@](=O)(c1ccc(N(C)C)cc1)[C@@H](O)c1ccc(Cl)cc1Cl. The average Bonchev–Trinajstić information content (AvgIpc) is 2.53. The first kappa shape index (κ1) is 20.3. The highest BCUT2D eigenvalue weighted by molar-refractivity contribution is 7.67. The van der Waals surface area contributed by atoms with E-state index in [4.69, 9.17) is 27.7 Å². The Morgan fingerprint density at radius 1 is 1.08 bits per heavy atom. The van der Waals surface area contributed by atoms with Crippen molar-refractivity contribution in [3.8, 4) is 0 Å². The predicted molar refractivity (Wildman–Crippen MR) is 106 cm³/mol. The van der Waals surface area contributed by atoms with Crippen molar-refractivity contribution in [2.75, 3.05) is 19.0 Å². The molecular formula is C18H22Cl2NO3P. The Bertz CT molecular complexity index is 778. The first-order valence-corrected chi connectivity index (χ1v) is 10.3. The number of anilines is 1. The van der Waals surface area contributed by atoms with E-state index >= 15 is 0 Å². The van der Waals surface area contributed by atoms with E-state index in [0.717, 1.165) is 5.69 Å². The maximum absolute atomic E-state index is 13.7. The van der Waals surface area contributed by atoms with Gasteiger partial charge in [0.1, 0.15) is 0 Å². The van der Waals surface area contributed by atoms with Crippen LogP contribution in [0.1, 0.15) is 25.3 Å². The van der Waals surface area contributed by atoms with E-state index < -0.39 is 13.2 Å². The smallest absolute Gasteiger partial charge is 0.264 e. The Balaban J connectivity index is 2.51. The third-order valence-corrected chi connectivity index (χ3v) is 6.89. The third-order valence-electron chi connectivity index (χ3n) is 3.66. The minimum atomic E-state index is -3.62. The Morgan fingerprint density at radius 2 is 1.68 bits per heavy atom. The molecule has 4 nitrogen and oxygen atoms in total. The quantitative estimate of drug-likeness (QED) is 0.685. The molecule has 0 heterocycles. The van der Waals surface area contributed by atoms with Gasteiger partial charge in [-0.3, -0.25) is 4.57 Å². The van der Waals surface area contributed by atoms with Gasteiger partial charge in [0.2, 0.25) is 0 Å². The first-order valence-electron chi connectivity index (χ1n) is 7.84. The summed E-state index contributed by atoms with van der Waals surface area (Å²) in [5.74, 6) is -1.38. The Labute approximate surface area is 158 Å². The van der Waals surface area contributed by atoms with Gasteiger partial charge in [0.15, 0.2) is 5.85 Å². The van der Waals surface area contributed by atoms with Gasteiger partial charge in [-0.2, -0.15) is 0 Å². The second-order valence-electron chi connectivity index (χ2n) is 6.20. The molecule has 0 aliphatic heterocycles. The highest BCUT2D eigenvalue weighted by atomic mass is 35.5. The molecule has 0 unspecified atom stereocenters. The lowest BCUT2D eigenvalue weighted by atomic mass is 10.2. The minimum absolute atomic E-state index is 0.248. The monoisotopic (exact) mass is 401 g/mol. The van der Waals surface area contributed by atoms with Crippen molar-refractivity contribution in [1.29, 1.82) is 0 Å². The van der Waals surface area contributed by atoms with Gasteiger partial charge in [-0.15, -0.1) is 0 Å². The van der Waals surface area contributed by atoms with Crippen LogP contribution in [0.2, 0.25) is 10.0 Å². The van der Waals surface area contributed by atoms with Crippen molar-refractivity contribution in [3.63, 3.8) is 0 Å². The summed E-state index contributed by atoms with van der Waals surface area (Å²) in [5, 5.41) is 12.0. The molecule has 2 atom stereocenters. The molecule has 7 heteroatoms. The van der Waals surface area contributed by atoms with Crippen molar-refractivity contribution in [2.24, 2.45) is 0 Å². The second kappa shape index (κ2) is 8.11. The normalized spacial score (nSPS) is 15.0. The molecular weight excluding hydrogens is 380 g/mol. The number of aliphatic hydroxyl groups excluding tert-OH is 1. The zero-order valence-corrected chi connectivity index (χ0v) is 17.0. The number of hydrogen-bond donors (Lipinski definition) is 1. The minimum Gasteiger partial charge on any atom is -0.378 e. The molecule has 0 aliphatic carbocycles. The molecule has 0 saturated carbocycles. The molecule has 0 aromatic heterocycles. The Hall–Kier alpha value is -1.03. The summed E-state index contributed by atoms with van der Waals surface area (Å²) in [6.07, 6.45) is -0.333. The van der Waals surface area contributed by atoms with E-state index in [1.807, 2.05) is 31.1 Å². The molecule has 0 radical (unpaired) electrons. The predicted octanol–water partition coefficient (Wildman–Crippen LogP) is 5.08. The van der Waals surface area contributed by atoms with Gasteiger partial charge < -0.3 is 14.5 Å². The van der Waals surface area contributed by atoms with Gasteiger partial charge in [0, 0.05) is 40.7 Å². The van der Waals surface area contributed by atoms with E-state index in [2.05, 4.69) is 0 Å². The number of aliphatic hydroxyl groups is 1. The molecule has 0 aliphatic rings. The molecule has 0 amide bonds. The van der Waals surface area contributed by atoms with Crippen LogP contribution in [0, 0.1) is 0 Å². The fourth-order valence-electron chi connectivity index (χ4n) is 2.43. The van der Waals surface area contributed by atoms with E-state index in [1.165, 1.54) is 6.07 Å². The van der Waals surface area contributed by atoms with Crippen LogP contribution in [0.15, 0.2) is 42.5 Å². The third kappa shape index (κ3) is 4.58. The lowest BCUT2D eigenvalue weighted by Gasteiger charge is -2.27. The average molecular weight is 402 g/mol. The van der Waals surface area contributed by atoms with Gasteiger partial charge >= 0.3 is 0 Å². The van der Waals surface area contributed by atoms with Crippen LogP contribution >= 0.6 is 30.6 Å². The summed E-state index contributed by atoms with van der Waals surface area (Å²) in [5.41, 5.74) is 1.28. The van der Waals surface area contributed by atoms with Crippen LogP contribution in [-0.4, -0.2) is 25.3 Å². The maximum Gasteiger partial charge on any atom is 0.264 e. The van der Waals surface area contributed by atoms with Crippen molar-refractivity contribution in [3.05, 3.63) is 58.1 Å². The summed E-state index contributed by atoms with van der Waals surface area (Å²) in [6, 6.07) is 11.8. The highest BCUT2D eigenvalue weighted by Gasteiger charge is 2.38. The van der Waals surface area contributed by atoms with E-state index in [0.29, 0.717) is 15.9 Å². The molecule has 0 spiro atoms. The number of benzene rings is 2. The highest BCUT2D eigenvalue weighted by Crippen LogP contribution is 2.59. The van der Waals surface area contributed by atoms with Gasteiger partial charge in [-0.1, -0.05) is 29.3 Å². The van der Waals surface area contributed by atoms with Gasteiger partial charge in [0.25, 0.3) is 7.37 Å². The van der Waals surface area contributed by atoms with Crippen molar-refractivity contribution in [2.45, 2.75) is 25.8 Å². The molecule has 0 bridgehead atoms. The van der Waals surface area contributed by atoms with Gasteiger partial charge in [0.05, 0.1) is 6.10 Å². The van der Waals surface area contributed by atoms with Crippen LogP contribution in [0.25, 0.3) is 0 Å². The molecule has 2 aromatic carbocycles. The van der Waals surface area contributed by atoms with Crippen molar-refractivity contribution in [1.82, 2.24) is 0 Å². The van der Waals surface area contributed by atoms with Crippen LogP contribution in [-0.2, 0) is 9.09 Å². The second-order valence-corrected chi connectivity index (χ2v) is 9.46. The lowest BCUT2D eigenvalue weighted by molar-refractivity contribution is 0.189. The van der Waals surface area contributed by atoms with Gasteiger partial charge in [-0.25, -0.2) is 0 Å². The summed E-state index contributed by atoms with van der Waals surface area (Å²) >= 11 is 12.1. The summed E-state index contributed by atoms with van der Waals surface area (Å²) in [4.78, 5) is 1.94. The molecule has 0 fully saturated rings. The Morgan fingerprint density at radius 3 is 2.16 bits per heavy atom. The van der Waals surface area contributed by atoms with Crippen LogP contribution < -0.4 is 10.2 Å². The van der Waals surface area contributed by atoms with E-state index in [-0.39, 0.29) is 11.1 Å². The molecule has 1 N–H and O–H groups in total. The number of halogens is 2. The zero-order chi connectivity index (χ0) is 18.8. The lowest BCUT2D eigenvalue weighted by Crippen LogP contribution is -2.18. The molecule has 136 valence electrons. The summed E-state index contributed by atoms with van der Waals surface area (Å²) in [7, 11) is 0.213. The van der Waals surface area contributed by atoms with Crippen LogP contribution in [0.4, 0.5) is 5.69 Å². The summed E-state index contributed by atoms with van der Waals surface area (Å²) < 4.78 is 19.4. The van der Waals surface area contributed by atoms with Gasteiger partial charge in [-0.05, 0) is 50.2 Å². The van der Waals surface area contributed by atoms with Crippen molar-refractivity contribution < 1.29 is 14.2 Å². The van der Waals surface area contributed by atoms with E-state index in [9.17, 15) is 9.67 Å². The first-order chi connectivity index (χ1) is 11.6. The summed E-state index contributed by atoms with van der Waals surface area (Å²) in [6.45, 7) is 3.55. The maximum atomic E-state index is 13.7. The van der Waals surface area contributed by atoms with E-state index in [1.54, 1.807) is 38.1 Å². The molecule has 2 aromatic rings. The van der Waals surface area contributed by atoms with Crippen LogP contribution in [0.5, 0.6) is 0 Å². The van der Waals surface area contributed by atoms with Crippen molar-refractivity contribution >= 4 is 41.6 Å². The number of hydrogen-bond acceptors (Lipinski definition) is 4. The fraction of sp³-hybridized carbons (Fsp3) is 0.333. The number of rotatable bonds is 6. The standard InChI is InChI=1S/C18H22Cl2NO3P/c1-12(2)24-25(23,15-8-6-14(7-9-15)21(3)4)18(22)16-10-5-13(19)11-17(16)20/h5-12,18,22H,1-4H3/t18-,25-/m1/s1. The number of nitrogens with zero attached hydrogens (tertiary/aromatic N) is 1. The Kier molecular flexibility index (Phi) is 6.58.